The molecule has 1 atom stereocenters. The van der Waals surface area contributed by atoms with Crippen LogP contribution in [0.15, 0.2) is 18.2 Å². The molecule has 0 fully saturated rings. The normalized spacial score (nSPS) is 12.4. The molecule has 6 heteroatoms. The van der Waals surface area contributed by atoms with E-state index in [-0.39, 0.29) is 17.2 Å². The Morgan fingerprint density at radius 1 is 1.50 bits per heavy atom. The molecule has 1 rings (SSSR count). The minimum absolute atomic E-state index is 0.115. The van der Waals surface area contributed by atoms with Crippen LogP contribution in [0.25, 0.3) is 0 Å². The zero-order valence-electron chi connectivity index (χ0n) is 10.1. The molecule has 0 aliphatic heterocycles. The van der Waals surface area contributed by atoms with E-state index in [0.29, 0.717) is 11.4 Å². The average molecular weight is 272 g/mol. The number of hydrogen-bond acceptors (Lipinski definition) is 3. The molecule has 0 heterocycles. The summed E-state index contributed by atoms with van der Waals surface area (Å²) in [4.78, 5) is 21.6. The molecule has 0 aliphatic carbocycles. The number of benzene rings is 1. The monoisotopic (exact) mass is 271 g/mol. The number of nitro groups is 1. The molecule has 0 spiro atoms. The van der Waals surface area contributed by atoms with Crippen molar-refractivity contribution in [2.75, 3.05) is 0 Å². The number of hydrogen-bond donors (Lipinski definition) is 1. The highest BCUT2D eigenvalue weighted by atomic mass is 35.5. The number of nitro benzene ring substituents is 1. The molecule has 0 radical (unpaired) electrons. The molecule has 1 aromatic rings. The molecule has 0 saturated heterocycles. The first-order valence-corrected chi connectivity index (χ1v) is 5.87. The third-order valence-corrected chi connectivity index (χ3v) is 2.80. The van der Waals surface area contributed by atoms with Gasteiger partial charge in [-0.05, 0) is 24.5 Å². The van der Waals surface area contributed by atoms with Gasteiger partial charge in [-0.3, -0.25) is 14.9 Å². The third kappa shape index (κ3) is 3.43. The van der Waals surface area contributed by atoms with Crippen molar-refractivity contribution in [1.29, 1.82) is 0 Å². The lowest BCUT2D eigenvalue weighted by Crippen LogP contribution is -2.15. The molecule has 1 aromatic carbocycles. The lowest BCUT2D eigenvalue weighted by atomic mass is 9.89. The second kappa shape index (κ2) is 5.82. The number of carboxylic acids is 1. The molecular formula is C12H14ClNO4. The van der Waals surface area contributed by atoms with E-state index >= 15 is 0 Å². The summed E-state index contributed by atoms with van der Waals surface area (Å²) >= 11 is 5.79. The number of halogens is 1. The first-order valence-electron chi connectivity index (χ1n) is 5.49. The van der Waals surface area contributed by atoms with Crippen molar-refractivity contribution in [1.82, 2.24) is 0 Å². The van der Waals surface area contributed by atoms with Crippen LogP contribution in [0, 0.1) is 16.0 Å². The van der Waals surface area contributed by atoms with Gasteiger partial charge < -0.3 is 5.11 Å². The molecule has 1 N–H and O–H groups in total. The number of carboxylic acid groups (broad SMARTS) is 1. The third-order valence-electron chi connectivity index (χ3n) is 2.57. The van der Waals surface area contributed by atoms with Crippen LogP contribution < -0.4 is 0 Å². The standard InChI is InChI=1S/C12H14ClNO4/c1-7(2)5-10(12(15)16)9-6-8(13)3-4-11(9)14(17)18/h3-4,6-7,10H,5H2,1-2H3,(H,15,16). The predicted octanol–water partition coefficient (Wildman–Crippen LogP) is 3.46. The Kier molecular flexibility index (Phi) is 4.67. The van der Waals surface area contributed by atoms with Crippen molar-refractivity contribution < 1.29 is 14.8 Å². The highest BCUT2D eigenvalue weighted by molar-refractivity contribution is 6.30. The summed E-state index contributed by atoms with van der Waals surface area (Å²) in [5.74, 6) is -1.87. The zero-order valence-corrected chi connectivity index (χ0v) is 10.8. The maximum Gasteiger partial charge on any atom is 0.311 e. The van der Waals surface area contributed by atoms with E-state index in [2.05, 4.69) is 0 Å². The van der Waals surface area contributed by atoms with Gasteiger partial charge in [-0.1, -0.05) is 25.4 Å². The van der Waals surface area contributed by atoms with Crippen LogP contribution in [0.2, 0.25) is 5.02 Å². The van der Waals surface area contributed by atoms with Crippen molar-refractivity contribution in [3.63, 3.8) is 0 Å². The van der Waals surface area contributed by atoms with Gasteiger partial charge in [-0.15, -0.1) is 0 Å². The minimum Gasteiger partial charge on any atom is -0.481 e. The van der Waals surface area contributed by atoms with Crippen molar-refractivity contribution in [3.05, 3.63) is 38.9 Å². The van der Waals surface area contributed by atoms with Crippen LogP contribution in [0.4, 0.5) is 5.69 Å². The van der Waals surface area contributed by atoms with Gasteiger partial charge in [0.05, 0.1) is 10.8 Å². The fourth-order valence-corrected chi connectivity index (χ4v) is 1.98. The summed E-state index contributed by atoms with van der Waals surface area (Å²) in [6.07, 6.45) is 0.330. The Morgan fingerprint density at radius 2 is 2.11 bits per heavy atom. The molecule has 5 nitrogen and oxygen atoms in total. The number of nitrogens with zero attached hydrogens (tertiary/aromatic N) is 1. The van der Waals surface area contributed by atoms with Crippen molar-refractivity contribution >= 4 is 23.3 Å². The average Bonchev–Trinajstić information content (AvgIpc) is 2.24. The van der Waals surface area contributed by atoms with Gasteiger partial charge >= 0.3 is 5.97 Å². The van der Waals surface area contributed by atoms with Crippen LogP contribution in [-0.2, 0) is 4.79 Å². The number of aliphatic carboxylic acids is 1. The Bertz CT molecular complexity index is 473. The van der Waals surface area contributed by atoms with Crippen LogP contribution in [0.1, 0.15) is 31.7 Å². The topological polar surface area (TPSA) is 80.4 Å². The Morgan fingerprint density at radius 3 is 2.56 bits per heavy atom. The predicted molar refractivity (Wildman–Crippen MR) is 67.9 cm³/mol. The molecular weight excluding hydrogens is 258 g/mol. The first kappa shape index (κ1) is 14.4. The summed E-state index contributed by atoms with van der Waals surface area (Å²) in [6, 6.07) is 3.99. The molecule has 0 amide bonds. The smallest absolute Gasteiger partial charge is 0.311 e. The lowest BCUT2D eigenvalue weighted by molar-refractivity contribution is -0.385. The van der Waals surface area contributed by atoms with Crippen LogP contribution in [-0.4, -0.2) is 16.0 Å². The maximum atomic E-state index is 11.3. The SMILES string of the molecule is CC(C)CC(C(=O)O)c1cc(Cl)ccc1[N+](=O)[O-]. The summed E-state index contributed by atoms with van der Waals surface area (Å²) < 4.78 is 0. The summed E-state index contributed by atoms with van der Waals surface area (Å²) in [6.45, 7) is 3.73. The van der Waals surface area contributed by atoms with Gasteiger partial charge in [-0.25, -0.2) is 0 Å². The fraction of sp³-hybridized carbons (Fsp3) is 0.417. The molecule has 0 bridgehead atoms. The highest BCUT2D eigenvalue weighted by Gasteiger charge is 2.28. The minimum atomic E-state index is -1.07. The Labute approximate surface area is 110 Å². The summed E-state index contributed by atoms with van der Waals surface area (Å²) in [7, 11) is 0. The lowest BCUT2D eigenvalue weighted by Gasteiger charge is -2.15. The first-order chi connectivity index (χ1) is 8.32. The fourth-order valence-electron chi connectivity index (χ4n) is 1.80. The summed E-state index contributed by atoms with van der Waals surface area (Å²) in [5.41, 5.74) is -0.0406. The maximum absolute atomic E-state index is 11.3. The van der Waals surface area contributed by atoms with E-state index in [1.807, 2.05) is 13.8 Å². The molecule has 0 saturated carbocycles. The Hall–Kier alpha value is -1.62. The van der Waals surface area contributed by atoms with Gasteiger partial charge in [-0.2, -0.15) is 0 Å². The van der Waals surface area contributed by atoms with E-state index < -0.39 is 16.8 Å². The molecule has 0 aromatic heterocycles. The summed E-state index contributed by atoms with van der Waals surface area (Å²) in [5, 5.41) is 20.4. The van der Waals surface area contributed by atoms with Gasteiger partial charge in [0.1, 0.15) is 0 Å². The molecule has 1 unspecified atom stereocenters. The molecule has 18 heavy (non-hydrogen) atoms. The van der Waals surface area contributed by atoms with Gasteiger partial charge in [0.2, 0.25) is 0 Å². The Balaban J connectivity index is 3.29. The number of rotatable bonds is 5. The van der Waals surface area contributed by atoms with Crippen LogP contribution in [0.5, 0.6) is 0 Å². The largest absolute Gasteiger partial charge is 0.481 e. The van der Waals surface area contributed by atoms with Gasteiger partial charge in [0.25, 0.3) is 5.69 Å². The second-order valence-corrected chi connectivity index (χ2v) is 4.92. The van der Waals surface area contributed by atoms with E-state index in [1.165, 1.54) is 18.2 Å². The van der Waals surface area contributed by atoms with Crippen LogP contribution in [0.3, 0.4) is 0 Å². The molecule has 0 aliphatic rings. The van der Waals surface area contributed by atoms with E-state index in [0.717, 1.165) is 0 Å². The highest BCUT2D eigenvalue weighted by Crippen LogP contribution is 2.33. The van der Waals surface area contributed by atoms with Crippen molar-refractivity contribution in [2.45, 2.75) is 26.2 Å². The van der Waals surface area contributed by atoms with E-state index in [9.17, 15) is 20.0 Å². The quantitative estimate of drug-likeness (QED) is 0.657. The molecule has 98 valence electrons. The second-order valence-electron chi connectivity index (χ2n) is 4.48. The van der Waals surface area contributed by atoms with E-state index in [4.69, 9.17) is 11.6 Å². The van der Waals surface area contributed by atoms with Gasteiger partial charge in [0.15, 0.2) is 0 Å². The number of carbonyl (C=O) groups is 1. The van der Waals surface area contributed by atoms with E-state index in [1.54, 1.807) is 0 Å². The van der Waals surface area contributed by atoms with Crippen molar-refractivity contribution in [3.8, 4) is 0 Å². The zero-order chi connectivity index (χ0) is 13.9. The van der Waals surface area contributed by atoms with Crippen LogP contribution >= 0.6 is 11.6 Å². The van der Waals surface area contributed by atoms with Gasteiger partial charge in [0, 0.05) is 16.7 Å². The van der Waals surface area contributed by atoms with Crippen molar-refractivity contribution in [2.24, 2.45) is 5.92 Å².